The molecule has 0 bridgehead atoms. The molecule has 25 heavy (non-hydrogen) atoms. The topological polar surface area (TPSA) is 59.6 Å². The summed E-state index contributed by atoms with van der Waals surface area (Å²) >= 11 is 0. The lowest BCUT2D eigenvalue weighted by Crippen LogP contribution is -2.39. The van der Waals surface area contributed by atoms with Crippen molar-refractivity contribution < 1.29 is 14.3 Å². The van der Waals surface area contributed by atoms with Crippen LogP contribution in [0.3, 0.4) is 0 Å². The monoisotopic (exact) mass is 342 g/mol. The molecule has 0 aliphatic carbocycles. The number of rotatable bonds is 9. The summed E-state index contributed by atoms with van der Waals surface area (Å²) in [6.07, 6.45) is 0.872. The molecule has 0 saturated carbocycles. The van der Waals surface area contributed by atoms with Gasteiger partial charge in [-0.15, -0.1) is 0 Å². The fourth-order valence-electron chi connectivity index (χ4n) is 2.51. The lowest BCUT2D eigenvalue weighted by molar-refractivity contribution is 0.0950. The van der Waals surface area contributed by atoms with Crippen molar-refractivity contribution in [1.29, 1.82) is 0 Å². The van der Waals surface area contributed by atoms with E-state index >= 15 is 0 Å². The molecule has 0 fully saturated rings. The van der Waals surface area contributed by atoms with E-state index in [2.05, 4.69) is 17.6 Å². The van der Waals surface area contributed by atoms with Gasteiger partial charge in [-0.2, -0.15) is 0 Å². The highest BCUT2D eigenvalue weighted by Crippen LogP contribution is 2.27. The summed E-state index contributed by atoms with van der Waals surface area (Å²) in [4.78, 5) is 12.0. The highest BCUT2D eigenvalue weighted by Gasteiger charge is 2.08. The lowest BCUT2D eigenvalue weighted by Gasteiger charge is -2.15. The average molecular weight is 342 g/mol. The average Bonchev–Trinajstić information content (AvgIpc) is 2.66. The van der Waals surface area contributed by atoms with Gasteiger partial charge in [0, 0.05) is 18.2 Å². The van der Waals surface area contributed by atoms with Crippen molar-refractivity contribution in [1.82, 2.24) is 10.6 Å². The molecule has 5 heteroatoms. The van der Waals surface area contributed by atoms with Gasteiger partial charge in [-0.05, 0) is 49.7 Å². The zero-order chi connectivity index (χ0) is 18.1. The van der Waals surface area contributed by atoms with Crippen molar-refractivity contribution in [2.45, 2.75) is 19.4 Å². The van der Waals surface area contributed by atoms with Crippen LogP contribution in [-0.4, -0.2) is 39.3 Å². The summed E-state index contributed by atoms with van der Waals surface area (Å²) in [5, 5.41) is 6.36. The van der Waals surface area contributed by atoms with Gasteiger partial charge in [-0.3, -0.25) is 4.79 Å². The van der Waals surface area contributed by atoms with Crippen LogP contribution in [-0.2, 0) is 6.42 Å². The molecule has 0 saturated heterocycles. The summed E-state index contributed by atoms with van der Waals surface area (Å²) < 4.78 is 10.6. The zero-order valence-corrected chi connectivity index (χ0v) is 15.0. The number of hydrogen-bond donors (Lipinski definition) is 2. The first-order valence-corrected chi connectivity index (χ1v) is 8.41. The first kappa shape index (κ1) is 18.8. The molecule has 0 spiro atoms. The Kier molecular flexibility index (Phi) is 7.29. The maximum Gasteiger partial charge on any atom is 0.251 e. The predicted molar refractivity (Wildman–Crippen MR) is 99.5 cm³/mol. The van der Waals surface area contributed by atoms with E-state index in [9.17, 15) is 4.79 Å². The number of amides is 1. The Morgan fingerprint density at radius 3 is 2.44 bits per heavy atom. The first-order chi connectivity index (χ1) is 12.1. The van der Waals surface area contributed by atoms with E-state index in [1.165, 1.54) is 5.56 Å². The molecule has 0 radical (unpaired) electrons. The van der Waals surface area contributed by atoms with Crippen LogP contribution in [0.15, 0.2) is 48.5 Å². The van der Waals surface area contributed by atoms with Crippen LogP contribution in [0.2, 0.25) is 0 Å². The maximum absolute atomic E-state index is 12.0. The van der Waals surface area contributed by atoms with Gasteiger partial charge in [0.25, 0.3) is 5.91 Å². The van der Waals surface area contributed by atoms with Gasteiger partial charge in [-0.1, -0.05) is 24.3 Å². The molecule has 1 atom stereocenters. The summed E-state index contributed by atoms with van der Waals surface area (Å²) in [6, 6.07) is 15.4. The molecule has 2 aromatic carbocycles. The second-order valence-electron chi connectivity index (χ2n) is 5.87. The molecule has 1 unspecified atom stereocenters. The van der Waals surface area contributed by atoms with E-state index in [0.29, 0.717) is 12.1 Å². The van der Waals surface area contributed by atoms with Crippen molar-refractivity contribution in [3.63, 3.8) is 0 Å². The molecule has 0 aliphatic heterocycles. The van der Waals surface area contributed by atoms with Crippen LogP contribution in [0.4, 0.5) is 0 Å². The molecule has 2 rings (SSSR count). The minimum Gasteiger partial charge on any atom is -0.493 e. The Morgan fingerprint density at radius 1 is 1.04 bits per heavy atom. The van der Waals surface area contributed by atoms with Crippen molar-refractivity contribution in [3.8, 4) is 11.5 Å². The number of nitrogens with one attached hydrogen (secondary N) is 2. The minimum absolute atomic E-state index is 0.0471. The largest absolute Gasteiger partial charge is 0.493 e. The summed E-state index contributed by atoms with van der Waals surface area (Å²) in [7, 11) is 3.27. The lowest BCUT2D eigenvalue weighted by atomic mass is 10.1. The van der Waals surface area contributed by atoms with E-state index in [1.807, 2.05) is 48.5 Å². The second-order valence-corrected chi connectivity index (χ2v) is 5.87. The van der Waals surface area contributed by atoms with Gasteiger partial charge in [0.15, 0.2) is 11.5 Å². The molecular weight excluding hydrogens is 316 g/mol. The highest BCUT2D eigenvalue weighted by atomic mass is 16.5. The standard InChI is InChI=1S/C20H26N2O3/c1-15(14-22-20(23)17-7-5-4-6-8-17)21-12-11-16-9-10-18(24-2)19(13-16)25-3/h4-10,13,15,21H,11-12,14H2,1-3H3,(H,22,23). The fraction of sp³-hybridized carbons (Fsp3) is 0.350. The molecule has 134 valence electrons. The Morgan fingerprint density at radius 2 is 1.76 bits per heavy atom. The zero-order valence-electron chi connectivity index (χ0n) is 15.0. The molecule has 2 aromatic rings. The Hall–Kier alpha value is -2.53. The molecule has 0 aromatic heterocycles. The molecule has 2 N–H and O–H groups in total. The third kappa shape index (κ3) is 5.80. The molecule has 1 amide bonds. The van der Waals surface area contributed by atoms with Crippen LogP contribution in [0.5, 0.6) is 11.5 Å². The predicted octanol–water partition coefficient (Wildman–Crippen LogP) is 2.65. The molecular formula is C20H26N2O3. The number of hydrogen-bond acceptors (Lipinski definition) is 4. The third-order valence-electron chi connectivity index (χ3n) is 3.96. The van der Waals surface area contributed by atoms with Crippen LogP contribution in [0, 0.1) is 0 Å². The summed E-state index contributed by atoms with van der Waals surface area (Å²) in [6.45, 7) is 3.46. The number of methoxy groups -OCH3 is 2. The van der Waals surface area contributed by atoms with Crippen LogP contribution in [0.1, 0.15) is 22.8 Å². The highest BCUT2D eigenvalue weighted by molar-refractivity contribution is 5.94. The van der Waals surface area contributed by atoms with Gasteiger partial charge in [-0.25, -0.2) is 0 Å². The van der Waals surface area contributed by atoms with Gasteiger partial charge >= 0.3 is 0 Å². The smallest absolute Gasteiger partial charge is 0.251 e. The fourth-order valence-corrected chi connectivity index (χ4v) is 2.51. The number of carbonyl (C=O) groups excluding carboxylic acids is 1. The van der Waals surface area contributed by atoms with Gasteiger partial charge in [0.05, 0.1) is 14.2 Å². The third-order valence-corrected chi connectivity index (χ3v) is 3.96. The van der Waals surface area contributed by atoms with E-state index < -0.39 is 0 Å². The van der Waals surface area contributed by atoms with Gasteiger partial charge < -0.3 is 20.1 Å². The first-order valence-electron chi connectivity index (χ1n) is 8.41. The van der Waals surface area contributed by atoms with Crippen molar-refractivity contribution in [2.75, 3.05) is 27.3 Å². The van der Waals surface area contributed by atoms with Crippen LogP contribution in [0.25, 0.3) is 0 Å². The molecule has 0 heterocycles. The minimum atomic E-state index is -0.0471. The summed E-state index contributed by atoms with van der Waals surface area (Å²) in [5.41, 5.74) is 1.85. The SMILES string of the molecule is COc1ccc(CCNC(C)CNC(=O)c2ccccc2)cc1OC. The van der Waals surface area contributed by atoms with E-state index in [1.54, 1.807) is 14.2 Å². The number of carbonyl (C=O) groups is 1. The van der Waals surface area contributed by atoms with E-state index in [4.69, 9.17) is 9.47 Å². The van der Waals surface area contributed by atoms with E-state index in [-0.39, 0.29) is 11.9 Å². The van der Waals surface area contributed by atoms with Crippen LogP contribution >= 0.6 is 0 Å². The summed E-state index contributed by atoms with van der Waals surface area (Å²) in [5.74, 6) is 1.42. The Labute approximate surface area is 149 Å². The van der Waals surface area contributed by atoms with Crippen molar-refractivity contribution in [2.24, 2.45) is 0 Å². The van der Waals surface area contributed by atoms with Crippen LogP contribution < -0.4 is 20.1 Å². The molecule has 5 nitrogen and oxygen atoms in total. The quantitative estimate of drug-likeness (QED) is 0.735. The number of ether oxygens (including phenoxy) is 2. The van der Waals surface area contributed by atoms with Gasteiger partial charge in [0.2, 0.25) is 0 Å². The normalized spacial score (nSPS) is 11.6. The Bertz CT molecular complexity index is 674. The Balaban J connectivity index is 1.73. The van der Waals surface area contributed by atoms with Crippen molar-refractivity contribution in [3.05, 3.63) is 59.7 Å². The van der Waals surface area contributed by atoms with Gasteiger partial charge in [0.1, 0.15) is 0 Å². The number of benzene rings is 2. The van der Waals surface area contributed by atoms with E-state index in [0.717, 1.165) is 24.5 Å². The second kappa shape index (κ2) is 9.69. The molecule has 0 aliphatic rings. The van der Waals surface area contributed by atoms with Crippen molar-refractivity contribution >= 4 is 5.91 Å². The maximum atomic E-state index is 12.0.